The van der Waals surface area contributed by atoms with E-state index in [0.717, 1.165) is 5.56 Å². The number of hydrogen-bond donors (Lipinski definition) is 1. The van der Waals surface area contributed by atoms with Crippen LogP contribution in [0.3, 0.4) is 0 Å². The Morgan fingerprint density at radius 3 is 2.65 bits per heavy atom. The quantitative estimate of drug-likeness (QED) is 0.861. The minimum Gasteiger partial charge on any atom is -0.340 e. The fraction of sp³-hybridized carbons (Fsp3) is 0.538. The summed E-state index contributed by atoms with van der Waals surface area (Å²) in [6.45, 7) is 6.44. The number of rotatable bonds is 3. The lowest BCUT2D eigenvalue weighted by atomic mass is 9.86. The van der Waals surface area contributed by atoms with E-state index in [1.165, 1.54) is 0 Å². The third-order valence-electron chi connectivity index (χ3n) is 2.72. The lowest BCUT2D eigenvalue weighted by molar-refractivity contribution is -0.134. The van der Waals surface area contributed by atoms with Gasteiger partial charge in [-0.1, -0.05) is 26.8 Å². The van der Waals surface area contributed by atoms with Crippen LogP contribution in [0.15, 0.2) is 24.5 Å². The predicted molar refractivity (Wildman–Crippen MR) is 68.1 cm³/mol. The standard InChI is InChI=1S/C13H21N3O/c1-13(2,3)11(14)12(17)16(4)9-10-6-5-7-15-8-10/h5-8,11H,9,14H2,1-4H3. The van der Waals surface area contributed by atoms with Crippen LogP contribution in [0, 0.1) is 5.41 Å². The molecule has 0 saturated heterocycles. The first-order valence-electron chi connectivity index (χ1n) is 5.72. The zero-order chi connectivity index (χ0) is 13.1. The molecule has 0 saturated carbocycles. The second-order valence-corrected chi connectivity index (χ2v) is 5.40. The van der Waals surface area contributed by atoms with Gasteiger partial charge in [0, 0.05) is 26.0 Å². The van der Waals surface area contributed by atoms with Gasteiger partial charge in [0.25, 0.3) is 0 Å². The van der Waals surface area contributed by atoms with Crippen LogP contribution in [-0.2, 0) is 11.3 Å². The van der Waals surface area contributed by atoms with Gasteiger partial charge in [0.1, 0.15) is 0 Å². The van der Waals surface area contributed by atoms with Crippen molar-refractivity contribution in [3.05, 3.63) is 30.1 Å². The summed E-state index contributed by atoms with van der Waals surface area (Å²) in [6, 6.07) is 3.32. The number of amides is 1. The normalized spacial score (nSPS) is 13.2. The van der Waals surface area contributed by atoms with Crippen LogP contribution < -0.4 is 5.73 Å². The van der Waals surface area contributed by atoms with Crippen molar-refractivity contribution in [2.45, 2.75) is 33.4 Å². The Morgan fingerprint density at radius 2 is 2.18 bits per heavy atom. The third-order valence-corrected chi connectivity index (χ3v) is 2.72. The van der Waals surface area contributed by atoms with Gasteiger partial charge in [0.15, 0.2) is 0 Å². The lowest BCUT2D eigenvalue weighted by Gasteiger charge is -2.30. The number of nitrogens with two attached hydrogens (primary N) is 1. The van der Waals surface area contributed by atoms with Gasteiger partial charge in [-0.05, 0) is 17.0 Å². The molecule has 0 bridgehead atoms. The first kappa shape index (κ1) is 13.6. The van der Waals surface area contributed by atoms with Crippen molar-refractivity contribution in [2.75, 3.05) is 7.05 Å². The maximum Gasteiger partial charge on any atom is 0.240 e. The van der Waals surface area contributed by atoms with Crippen LogP contribution in [0.4, 0.5) is 0 Å². The van der Waals surface area contributed by atoms with Crippen LogP contribution >= 0.6 is 0 Å². The number of likely N-dealkylation sites (N-methyl/N-ethyl adjacent to an activating group) is 1. The van der Waals surface area contributed by atoms with Crippen LogP contribution in [0.1, 0.15) is 26.3 Å². The van der Waals surface area contributed by atoms with Crippen LogP contribution in [0.2, 0.25) is 0 Å². The van der Waals surface area contributed by atoms with E-state index in [4.69, 9.17) is 5.73 Å². The molecular formula is C13H21N3O. The molecule has 0 aliphatic carbocycles. The van der Waals surface area contributed by atoms with E-state index >= 15 is 0 Å². The molecule has 1 atom stereocenters. The van der Waals surface area contributed by atoms with E-state index in [0.29, 0.717) is 6.54 Å². The van der Waals surface area contributed by atoms with E-state index in [9.17, 15) is 4.79 Å². The van der Waals surface area contributed by atoms with Gasteiger partial charge in [-0.3, -0.25) is 9.78 Å². The summed E-state index contributed by atoms with van der Waals surface area (Å²) in [6.07, 6.45) is 3.47. The molecule has 1 heterocycles. The van der Waals surface area contributed by atoms with Crippen molar-refractivity contribution >= 4 is 5.91 Å². The number of nitrogens with zero attached hydrogens (tertiary/aromatic N) is 2. The van der Waals surface area contributed by atoms with Crippen LogP contribution in [0.5, 0.6) is 0 Å². The molecule has 0 aliphatic rings. The molecule has 2 N–H and O–H groups in total. The monoisotopic (exact) mass is 235 g/mol. The van der Waals surface area contributed by atoms with Crippen molar-refractivity contribution in [3.8, 4) is 0 Å². The summed E-state index contributed by atoms with van der Waals surface area (Å²) in [4.78, 5) is 17.7. The first-order chi connectivity index (χ1) is 7.82. The molecule has 94 valence electrons. The molecule has 0 spiro atoms. The molecule has 1 amide bonds. The van der Waals surface area contributed by atoms with Gasteiger partial charge in [0.05, 0.1) is 6.04 Å². The van der Waals surface area contributed by atoms with Crippen molar-refractivity contribution in [2.24, 2.45) is 11.1 Å². The SMILES string of the molecule is CN(Cc1cccnc1)C(=O)C(N)C(C)(C)C. The van der Waals surface area contributed by atoms with Crippen molar-refractivity contribution in [1.29, 1.82) is 0 Å². The highest BCUT2D eigenvalue weighted by Gasteiger charge is 2.29. The van der Waals surface area contributed by atoms with Crippen LogP contribution in [0.25, 0.3) is 0 Å². The van der Waals surface area contributed by atoms with Crippen molar-refractivity contribution < 1.29 is 4.79 Å². The summed E-state index contributed by atoms with van der Waals surface area (Å²) in [5.41, 5.74) is 6.72. The van der Waals surface area contributed by atoms with Gasteiger partial charge < -0.3 is 10.6 Å². The van der Waals surface area contributed by atoms with E-state index in [2.05, 4.69) is 4.98 Å². The highest BCUT2D eigenvalue weighted by Crippen LogP contribution is 2.19. The van der Waals surface area contributed by atoms with Gasteiger partial charge in [-0.15, -0.1) is 0 Å². The summed E-state index contributed by atoms with van der Waals surface area (Å²) in [5, 5.41) is 0. The fourth-order valence-corrected chi connectivity index (χ4v) is 1.45. The highest BCUT2D eigenvalue weighted by atomic mass is 16.2. The smallest absolute Gasteiger partial charge is 0.240 e. The number of pyridine rings is 1. The Balaban J connectivity index is 2.65. The van der Waals surface area contributed by atoms with Crippen molar-refractivity contribution in [1.82, 2.24) is 9.88 Å². The molecule has 4 heteroatoms. The van der Waals surface area contributed by atoms with E-state index in [1.807, 2.05) is 32.9 Å². The Bertz CT molecular complexity index is 370. The Kier molecular flexibility index (Phi) is 4.23. The zero-order valence-corrected chi connectivity index (χ0v) is 11.0. The van der Waals surface area contributed by atoms with Gasteiger partial charge in [0.2, 0.25) is 5.91 Å². The van der Waals surface area contributed by atoms with E-state index < -0.39 is 6.04 Å². The maximum absolute atomic E-state index is 12.1. The summed E-state index contributed by atoms with van der Waals surface area (Å²) in [5.74, 6) is -0.0404. The van der Waals surface area contributed by atoms with Crippen LogP contribution in [-0.4, -0.2) is 28.9 Å². The Morgan fingerprint density at radius 1 is 1.53 bits per heavy atom. The maximum atomic E-state index is 12.1. The summed E-state index contributed by atoms with van der Waals surface area (Å²) in [7, 11) is 1.76. The van der Waals surface area contributed by atoms with Gasteiger partial charge in [-0.2, -0.15) is 0 Å². The molecule has 0 aliphatic heterocycles. The van der Waals surface area contributed by atoms with Crippen molar-refractivity contribution in [3.63, 3.8) is 0 Å². The number of aromatic nitrogens is 1. The average Bonchev–Trinajstić information content (AvgIpc) is 2.27. The lowest BCUT2D eigenvalue weighted by Crippen LogP contribution is -2.48. The number of hydrogen-bond acceptors (Lipinski definition) is 3. The molecule has 1 aromatic heterocycles. The van der Waals surface area contributed by atoms with E-state index in [1.54, 1.807) is 24.3 Å². The Labute approximate surface area is 103 Å². The molecule has 0 aromatic carbocycles. The molecule has 0 radical (unpaired) electrons. The average molecular weight is 235 g/mol. The predicted octanol–water partition coefficient (Wildman–Crippen LogP) is 1.41. The number of carbonyl (C=O) groups excluding carboxylic acids is 1. The second-order valence-electron chi connectivity index (χ2n) is 5.40. The summed E-state index contributed by atoms with van der Waals surface area (Å²) < 4.78 is 0. The van der Waals surface area contributed by atoms with Gasteiger partial charge in [-0.25, -0.2) is 0 Å². The molecule has 1 rings (SSSR count). The minimum atomic E-state index is -0.482. The largest absolute Gasteiger partial charge is 0.340 e. The third kappa shape index (κ3) is 3.82. The molecule has 17 heavy (non-hydrogen) atoms. The summed E-state index contributed by atoms with van der Waals surface area (Å²) >= 11 is 0. The first-order valence-corrected chi connectivity index (χ1v) is 5.72. The minimum absolute atomic E-state index is 0.0404. The topological polar surface area (TPSA) is 59.2 Å². The molecule has 1 aromatic rings. The zero-order valence-electron chi connectivity index (χ0n) is 11.0. The Hall–Kier alpha value is -1.42. The second kappa shape index (κ2) is 5.27. The number of carbonyl (C=O) groups is 1. The fourth-order valence-electron chi connectivity index (χ4n) is 1.45. The molecule has 0 fully saturated rings. The highest BCUT2D eigenvalue weighted by molar-refractivity contribution is 5.82. The molecule has 1 unspecified atom stereocenters. The molecular weight excluding hydrogens is 214 g/mol. The molecule has 4 nitrogen and oxygen atoms in total. The van der Waals surface area contributed by atoms with E-state index in [-0.39, 0.29) is 11.3 Å². The van der Waals surface area contributed by atoms with Gasteiger partial charge >= 0.3 is 0 Å².